The maximum Gasteiger partial charge on any atom is 0.490 e. The highest BCUT2D eigenvalue weighted by molar-refractivity contribution is 6.54. The molecule has 0 saturated carbocycles. The first kappa shape index (κ1) is 18.3. The van der Waals surface area contributed by atoms with Crippen LogP contribution in [0.15, 0.2) is 29.7 Å². The number of fused-ring (bicyclic) bond motifs is 1. The molecule has 0 radical (unpaired) electrons. The lowest BCUT2D eigenvalue weighted by molar-refractivity contribution is -0.115. The summed E-state index contributed by atoms with van der Waals surface area (Å²) >= 11 is 0. The van der Waals surface area contributed by atoms with Gasteiger partial charge in [-0.3, -0.25) is 9.59 Å². The summed E-state index contributed by atoms with van der Waals surface area (Å²) in [5, 5.41) is 2.80. The van der Waals surface area contributed by atoms with E-state index < -0.39 is 0 Å². The third-order valence-electron chi connectivity index (χ3n) is 6.07. The Balaban J connectivity index is 1.44. The second kappa shape index (κ2) is 6.21. The molecule has 2 amide bonds. The predicted molar refractivity (Wildman–Crippen MR) is 103 cm³/mol. The van der Waals surface area contributed by atoms with Crippen molar-refractivity contribution in [3.8, 4) is 0 Å². The first-order valence-electron chi connectivity index (χ1n) is 9.43. The van der Waals surface area contributed by atoms with E-state index in [9.17, 15) is 9.59 Å². The molecule has 0 bridgehead atoms. The monoisotopic (exact) mass is 368 g/mol. The molecule has 27 heavy (non-hydrogen) atoms. The standard InChI is InChI=1S/C20H25BN2O4/c1-19(2)20(3,4)27-21(26-19)15-7-9-23(10-8-15)18(25)14-6-5-13-12-17(24)22-16(13)11-14/h5-7,11H,8-10,12H2,1-4H3,(H,22,24). The molecular formula is C20H25BN2O4. The number of nitrogens with zero attached hydrogens (tertiary/aromatic N) is 1. The third-order valence-corrected chi connectivity index (χ3v) is 6.07. The summed E-state index contributed by atoms with van der Waals surface area (Å²) in [6.07, 6.45) is 3.15. The van der Waals surface area contributed by atoms with E-state index in [0.717, 1.165) is 23.1 Å². The molecule has 1 saturated heterocycles. The molecule has 0 atom stereocenters. The molecule has 3 heterocycles. The van der Waals surface area contributed by atoms with Gasteiger partial charge in [0.05, 0.1) is 17.6 Å². The number of nitrogens with one attached hydrogen (secondary N) is 1. The molecule has 7 heteroatoms. The summed E-state index contributed by atoms with van der Waals surface area (Å²) in [6, 6.07) is 5.43. The van der Waals surface area contributed by atoms with Gasteiger partial charge in [-0.05, 0) is 57.3 Å². The van der Waals surface area contributed by atoms with Gasteiger partial charge < -0.3 is 19.5 Å². The molecule has 1 fully saturated rings. The van der Waals surface area contributed by atoms with Crippen LogP contribution in [0.1, 0.15) is 50.0 Å². The van der Waals surface area contributed by atoms with Crippen molar-refractivity contribution in [3.63, 3.8) is 0 Å². The highest BCUT2D eigenvalue weighted by atomic mass is 16.7. The Bertz CT molecular complexity index is 830. The number of amides is 2. The van der Waals surface area contributed by atoms with Gasteiger partial charge in [-0.15, -0.1) is 0 Å². The van der Waals surface area contributed by atoms with Gasteiger partial charge in [-0.2, -0.15) is 0 Å². The van der Waals surface area contributed by atoms with E-state index in [2.05, 4.69) is 5.32 Å². The predicted octanol–water partition coefficient (Wildman–Crippen LogP) is 2.58. The fourth-order valence-corrected chi connectivity index (χ4v) is 3.61. The van der Waals surface area contributed by atoms with E-state index in [0.29, 0.717) is 25.1 Å². The fourth-order valence-electron chi connectivity index (χ4n) is 3.61. The van der Waals surface area contributed by atoms with Crippen molar-refractivity contribution >= 4 is 24.6 Å². The molecule has 4 rings (SSSR count). The number of carbonyl (C=O) groups excluding carboxylic acids is 2. The van der Waals surface area contributed by atoms with Crippen molar-refractivity contribution < 1.29 is 18.9 Å². The smallest absolute Gasteiger partial charge is 0.400 e. The van der Waals surface area contributed by atoms with Crippen LogP contribution in [-0.2, 0) is 20.5 Å². The molecule has 142 valence electrons. The van der Waals surface area contributed by atoms with Crippen LogP contribution in [0, 0.1) is 0 Å². The van der Waals surface area contributed by atoms with Gasteiger partial charge in [0.2, 0.25) is 5.91 Å². The van der Waals surface area contributed by atoms with Crippen molar-refractivity contribution in [3.05, 3.63) is 40.9 Å². The fraction of sp³-hybridized carbons (Fsp3) is 0.500. The number of carbonyl (C=O) groups is 2. The van der Waals surface area contributed by atoms with Crippen LogP contribution < -0.4 is 5.32 Å². The molecule has 0 aliphatic carbocycles. The maximum absolute atomic E-state index is 12.8. The molecule has 6 nitrogen and oxygen atoms in total. The van der Waals surface area contributed by atoms with E-state index in [1.54, 1.807) is 12.1 Å². The quantitative estimate of drug-likeness (QED) is 0.815. The van der Waals surface area contributed by atoms with Crippen LogP contribution in [0.2, 0.25) is 0 Å². The van der Waals surface area contributed by atoms with Crippen LogP contribution in [0.3, 0.4) is 0 Å². The Morgan fingerprint density at radius 2 is 1.89 bits per heavy atom. The first-order chi connectivity index (χ1) is 12.7. The van der Waals surface area contributed by atoms with Crippen molar-refractivity contribution in [2.75, 3.05) is 18.4 Å². The van der Waals surface area contributed by atoms with Gasteiger partial charge in [0.15, 0.2) is 0 Å². The Labute approximate surface area is 160 Å². The Kier molecular flexibility index (Phi) is 4.20. The Hall–Kier alpha value is -2.12. The van der Waals surface area contributed by atoms with Crippen molar-refractivity contribution in [1.82, 2.24) is 4.90 Å². The summed E-state index contributed by atoms with van der Waals surface area (Å²) < 4.78 is 12.2. The zero-order chi connectivity index (χ0) is 19.4. The third kappa shape index (κ3) is 3.19. The topological polar surface area (TPSA) is 67.9 Å². The van der Waals surface area contributed by atoms with Crippen molar-refractivity contribution in [2.45, 2.75) is 51.7 Å². The Morgan fingerprint density at radius 1 is 1.19 bits per heavy atom. The lowest BCUT2D eigenvalue weighted by atomic mass is 9.74. The molecule has 1 aromatic rings. The van der Waals surface area contributed by atoms with Gasteiger partial charge in [-0.1, -0.05) is 12.1 Å². The highest BCUT2D eigenvalue weighted by Gasteiger charge is 2.52. The zero-order valence-electron chi connectivity index (χ0n) is 16.3. The highest BCUT2D eigenvalue weighted by Crippen LogP contribution is 2.39. The summed E-state index contributed by atoms with van der Waals surface area (Å²) in [5.41, 5.74) is 2.66. The van der Waals surface area contributed by atoms with Crippen LogP contribution in [0.5, 0.6) is 0 Å². The van der Waals surface area contributed by atoms with Crippen LogP contribution in [0.25, 0.3) is 0 Å². The average Bonchev–Trinajstić information content (AvgIpc) is 3.08. The Morgan fingerprint density at radius 3 is 2.52 bits per heavy atom. The molecule has 3 aliphatic heterocycles. The second-order valence-electron chi connectivity index (χ2n) is 8.47. The van der Waals surface area contributed by atoms with E-state index in [4.69, 9.17) is 9.31 Å². The summed E-state index contributed by atoms with van der Waals surface area (Å²) in [6.45, 7) is 9.31. The molecule has 3 aliphatic rings. The molecule has 0 spiro atoms. The zero-order valence-corrected chi connectivity index (χ0v) is 16.3. The lowest BCUT2D eigenvalue weighted by Gasteiger charge is -2.32. The SMILES string of the molecule is CC1(C)OB(C2=CCN(C(=O)c3ccc4c(c3)NC(=O)C4)CC2)OC1(C)C. The minimum atomic E-state index is -0.361. The molecule has 0 aromatic heterocycles. The second-order valence-corrected chi connectivity index (χ2v) is 8.47. The van der Waals surface area contributed by atoms with E-state index in [1.807, 2.05) is 44.7 Å². The van der Waals surface area contributed by atoms with Crippen LogP contribution in [-0.4, -0.2) is 48.1 Å². The largest absolute Gasteiger partial charge is 0.490 e. The average molecular weight is 368 g/mol. The normalized spacial score (nSPS) is 23.1. The summed E-state index contributed by atoms with van der Waals surface area (Å²) in [4.78, 5) is 26.1. The van der Waals surface area contributed by atoms with Gasteiger partial charge in [-0.25, -0.2) is 0 Å². The van der Waals surface area contributed by atoms with E-state index in [1.165, 1.54) is 0 Å². The van der Waals surface area contributed by atoms with Crippen LogP contribution in [0.4, 0.5) is 5.69 Å². The van der Waals surface area contributed by atoms with Crippen molar-refractivity contribution in [1.29, 1.82) is 0 Å². The lowest BCUT2D eigenvalue weighted by Crippen LogP contribution is -2.41. The minimum absolute atomic E-state index is 0.0248. The van der Waals surface area contributed by atoms with Crippen molar-refractivity contribution in [2.24, 2.45) is 0 Å². The van der Waals surface area contributed by atoms with Gasteiger partial charge in [0, 0.05) is 24.3 Å². The molecule has 1 aromatic carbocycles. The summed E-state index contributed by atoms with van der Waals surface area (Å²) in [7, 11) is -0.345. The minimum Gasteiger partial charge on any atom is -0.400 e. The molecule has 1 N–H and O–H groups in total. The number of benzene rings is 1. The number of rotatable bonds is 2. The maximum atomic E-state index is 12.8. The number of hydrogen-bond donors (Lipinski definition) is 1. The van der Waals surface area contributed by atoms with E-state index >= 15 is 0 Å². The molecular weight excluding hydrogens is 343 g/mol. The van der Waals surface area contributed by atoms with Gasteiger partial charge in [0.1, 0.15) is 0 Å². The van der Waals surface area contributed by atoms with Gasteiger partial charge in [0.25, 0.3) is 5.91 Å². The number of anilines is 1. The number of hydrogen-bond acceptors (Lipinski definition) is 4. The van der Waals surface area contributed by atoms with Crippen LogP contribution >= 0.6 is 0 Å². The van der Waals surface area contributed by atoms with Gasteiger partial charge >= 0.3 is 7.12 Å². The summed E-state index contributed by atoms with van der Waals surface area (Å²) in [5.74, 6) is -0.0503. The molecule has 0 unspecified atom stereocenters. The van der Waals surface area contributed by atoms with E-state index in [-0.39, 0.29) is 30.1 Å². The first-order valence-corrected chi connectivity index (χ1v) is 9.43.